The van der Waals surface area contributed by atoms with Crippen molar-refractivity contribution in [2.24, 2.45) is 11.7 Å². The lowest BCUT2D eigenvalue weighted by Crippen LogP contribution is -2.41. The summed E-state index contributed by atoms with van der Waals surface area (Å²) in [6.07, 6.45) is 2.51. The molecule has 2 atom stereocenters. The van der Waals surface area contributed by atoms with Gasteiger partial charge in [-0.3, -0.25) is 4.90 Å². The monoisotopic (exact) mass is 216 g/mol. The molecule has 1 rings (SSSR count). The second-order valence-electron chi connectivity index (χ2n) is 4.26. The molecule has 1 aliphatic rings. The van der Waals surface area contributed by atoms with Crippen molar-refractivity contribution in [3.05, 3.63) is 0 Å². The van der Waals surface area contributed by atoms with Gasteiger partial charge in [-0.1, -0.05) is 13.3 Å². The number of nitrogens with two attached hydrogens (primary N) is 1. The zero-order valence-electron chi connectivity index (χ0n) is 9.54. The first kappa shape index (κ1) is 12.3. The van der Waals surface area contributed by atoms with Crippen molar-refractivity contribution in [1.29, 1.82) is 0 Å². The van der Waals surface area contributed by atoms with Crippen molar-refractivity contribution < 1.29 is 0 Å². The molecule has 0 aromatic rings. The van der Waals surface area contributed by atoms with E-state index >= 15 is 0 Å². The Balaban J connectivity index is 2.21. The fourth-order valence-corrected chi connectivity index (χ4v) is 3.01. The third kappa shape index (κ3) is 3.79. The Morgan fingerprint density at radius 2 is 2.36 bits per heavy atom. The summed E-state index contributed by atoms with van der Waals surface area (Å²) in [5, 5.41) is 0. The number of hydrogen-bond donors (Lipinski definition) is 1. The Bertz CT molecular complexity index is 148. The SMILES string of the molecule is CCC(CN)CCN1CCSCC1C. The van der Waals surface area contributed by atoms with Crippen LogP contribution < -0.4 is 5.73 Å². The van der Waals surface area contributed by atoms with E-state index in [4.69, 9.17) is 5.73 Å². The summed E-state index contributed by atoms with van der Waals surface area (Å²) < 4.78 is 0. The minimum atomic E-state index is 0.733. The molecule has 0 amide bonds. The molecule has 2 N–H and O–H groups in total. The van der Waals surface area contributed by atoms with Crippen LogP contribution >= 0.6 is 11.8 Å². The van der Waals surface area contributed by atoms with Crippen molar-refractivity contribution >= 4 is 11.8 Å². The number of nitrogens with zero attached hydrogens (tertiary/aromatic N) is 1. The predicted molar refractivity (Wildman–Crippen MR) is 65.8 cm³/mol. The Morgan fingerprint density at radius 1 is 1.57 bits per heavy atom. The van der Waals surface area contributed by atoms with E-state index in [1.54, 1.807) is 0 Å². The first-order valence-corrected chi connectivity index (χ1v) is 6.95. The number of rotatable bonds is 5. The van der Waals surface area contributed by atoms with E-state index in [9.17, 15) is 0 Å². The van der Waals surface area contributed by atoms with E-state index in [1.165, 1.54) is 37.4 Å². The molecule has 2 unspecified atom stereocenters. The third-order valence-electron chi connectivity index (χ3n) is 3.24. The van der Waals surface area contributed by atoms with Gasteiger partial charge < -0.3 is 5.73 Å². The molecular weight excluding hydrogens is 192 g/mol. The lowest BCUT2D eigenvalue weighted by Gasteiger charge is -2.33. The van der Waals surface area contributed by atoms with Crippen molar-refractivity contribution in [3.63, 3.8) is 0 Å². The average Bonchev–Trinajstić information content (AvgIpc) is 2.22. The van der Waals surface area contributed by atoms with E-state index in [0.29, 0.717) is 0 Å². The third-order valence-corrected chi connectivity index (χ3v) is 4.43. The van der Waals surface area contributed by atoms with Crippen LogP contribution in [0.3, 0.4) is 0 Å². The fourth-order valence-electron chi connectivity index (χ4n) is 1.93. The van der Waals surface area contributed by atoms with Gasteiger partial charge in [-0.05, 0) is 32.4 Å². The standard InChI is InChI=1S/C11H24N2S/c1-3-11(8-12)4-5-13-6-7-14-9-10(13)2/h10-11H,3-9,12H2,1-2H3. The van der Waals surface area contributed by atoms with Crippen molar-refractivity contribution in [2.45, 2.75) is 32.7 Å². The second-order valence-corrected chi connectivity index (χ2v) is 5.41. The smallest absolute Gasteiger partial charge is 0.0158 e. The van der Waals surface area contributed by atoms with Gasteiger partial charge in [-0.2, -0.15) is 11.8 Å². The maximum Gasteiger partial charge on any atom is 0.0158 e. The summed E-state index contributed by atoms with van der Waals surface area (Å²) in [6, 6.07) is 0.768. The van der Waals surface area contributed by atoms with Crippen LogP contribution in [-0.4, -0.2) is 42.1 Å². The van der Waals surface area contributed by atoms with Crippen LogP contribution in [0.15, 0.2) is 0 Å². The number of hydrogen-bond acceptors (Lipinski definition) is 3. The zero-order chi connectivity index (χ0) is 10.4. The summed E-state index contributed by atoms with van der Waals surface area (Å²) in [4.78, 5) is 2.62. The molecule has 1 aliphatic heterocycles. The molecule has 0 aromatic heterocycles. The molecule has 2 nitrogen and oxygen atoms in total. The van der Waals surface area contributed by atoms with Crippen LogP contribution in [0.2, 0.25) is 0 Å². The first-order valence-electron chi connectivity index (χ1n) is 5.79. The molecule has 14 heavy (non-hydrogen) atoms. The highest BCUT2D eigenvalue weighted by Crippen LogP contribution is 2.17. The van der Waals surface area contributed by atoms with Gasteiger partial charge in [-0.25, -0.2) is 0 Å². The maximum atomic E-state index is 5.71. The summed E-state index contributed by atoms with van der Waals surface area (Å²) in [7, 11) is 0. The van der Waals surface area contributed by atoms with E-state index in [-0.39, 0.29) is 0 Å². The van der Waals surface area contributed by atoms with Gasteiger partial charge in [0.1, 0.15) is 0 Å². The van der Waals surface area contributed by atoms with Crippen LogP contribution in [0.1, 0.15) is 26.7 Å². The van der Waals surface area contributed by atoms with Crippen LogP contribution in [-0.2, 0) is 0 Å². The molecule has 0 spiro atoms. The van der Waals surface area contributed by atoms with E-state index in [2.05, 4.69) is 30.5 Å². The van der Waals surface area contributed by atoms with Gasteiger partial charge in [-0.15, -0.1) is 0 Å². The maximum absolute atomic E-state index is 5.71. The molecule has 0 aliphatic carbocycles. The normalized spacial score (nSPS) is 26.4. The Kier molecular flexibility index (Phi) is 5.90. The average molecular weight is 216 g/mol. The second kappa shape index (κ2) is 6.70. The molecule has 0 saturated carbocycles. The Morgan fingerprint density at radius 3 is 2.93 bits per heavy atom. The topological polar surface area (TPSA) is 29.3 Å². The summed E-state index contributed by atoms with van der Waals surface area (Å²) in [5.41, 5.74) is 5.71. The van der Waals surface area contributed by atoms with Crippen molar-refractivity contribution in [3.8, 4) is 0 Å². The molecule has 84 valence electrons. The number of thioether (sulfide) groups is 1. The highest BCUT2D eigenvalue weighted by molar-refractivity contribution is 7.99. The molecule has 1 saturated heterocycles. The molecular formula is C11H24N2S. The van der Waals surface area contributed by atoms with Gasteiger partial charge in [0.2, 0.25) is 0 Å². The molecule has 3 heteroatoms. The Hall–Kier alpha value is 0.270. The first-order chi connectivity index (χ1) is 6.77. The molecule has 0 aromatic carbocycles. The largest absolute Gasteiger partial charge is 0.330 e. The molecule has 0 radical (unpaired) electrons. The highest BCUT2D eigenvalue weighted by Gasteiger charge is 2.18. The van der Waals surface area contributed by atoms with Crippen LogP contribution in [0.4, 0.5) is 0 Å². The summed E-state index contributed by atoms with van der Waals surface area (Å²) in [6.45, 7) is 7.96. The zero-order valence-corrected chi connectivity index (χ0v) is 10.4. The van der Waals surface area contributed by atoms with Gasteiger partial charge >= 0.3 is 0 Å². The van der Waals surface area contributed by atoms with Gasteiger partial charge in [0.15, 0.2) is 0 Å². The Labute approximate surface area is 92.6 Å². The van der Waals surface area contributed by atoms with Crippen LogP contribution in [0.25, 0.3) is 0 Å². The van der Waals surface area contributed by atoms with E-state index in [1.807, 2.05) is 0 Å². The summed E-state index contributed by atoms with van der Waals surface area (Å²) in [5.74, 6) is 3.35. The highest BCUT2D eigenvalue weighted by atomic mass is 32.2. The van der Waals surface area contributed by atoms with Gasteiger partial charge in [0.25, 0.3) is 0 Å². The van der Waals surface area contributed by atoms with Gasteiger partial charge in [0, 0.05) is 24.1 Å². The van der Waals surface area contributed by atoms with Crippen molar-refractivity contribution in [2.75, 3.05) is 31.1 Å². The summed E-state index contributed by atoms with van der Waals surface area (Å²) >= 11 is 2.09. The molecule has 1 heterocycles. The van der Waals surface area contributed by atoms with Gasteiger partial charge in [0.05, 0.1) is 0 Å². The minimum Gasteiger partial charge on any atom is -0.330 e. The van der Waals surface area contributed by atoms with Crippen LogP contribution in [0.5, 0.6) is 0 Å². The predicted octanol–water partition coefficient (Wildman–Crippen LogP) is 1.80. The van der Waals surface area contributed by atoms with Crippen molar-refractivity contribution in [1.82, 2.24) is 4.90 Å². The van der Waals surface area contributed by atoms with E-state index < -0.39 is 0 Å². The fraction of sp³-hybridized carbons (Fsp3) is 1.00. The molecule has 0 bridgehead atoms. The lowest BCUT2D eigenvalue weighted by atomic mass is 10.0. The molecule has 1 fully saturated rings. The quantitative estimate of drug-likeness (QED) is 0.760. The van der Waals surface area contributed by atoms with Crippen LogP contribution in [0, 0.1) is 5.92 Å². The minimum absolute atomic E-state index is 0.733. The lowest BCUT2D eigenvalue weighted by molar-refractivity contribution is 0.214. The van der Waals surface area contributed by atoms with E-state index in [0.717, 1.165) is 18.5 Å².